The summed E-state index contributed by atoms with van der Waals surface area (Å²) in [6.45, 7) is 0.939. The number of aliphatic carboxylic acids is 2. The van der Waals surface area contributed by atoms with Crippen LogP contribution in [0, 0.1) is 11.5 Å². The van der Waals surface area contributed by atoms with Crippen molar-refractivity contribution in [2.75, 3.05) is 23.9 Å². The highest BCUT2D eigenvalue weighted by molar-refractivity contribution is 8.39. The van der Waals surface area contributed by atoms with Crippen LogP contribution < -0.4 is 5.32 Å². The zero-order valence-electron chi connectivity index (χ0n) is 15.9. The molecular weight excluding hydrogens is 472 g/mol. The van der Waals surface area contributed by atoms with Crippen molar-refractivity contribution in [2.24, 2.45) is 4.99 Å². The van der Waals surface area contributed by atoms with Crippen molar-refractivity contribution in [2.45, 2.75) is 18.3 Å². The molecule has 3 N–H and O–H groups in total. The zero-order valence-corrected chi connectivity index (χ0v) is 18.3. The number of rotatable bonds is 8. The van der Waals surface area contributed by atoms with Gasteiger partial charge in [0.15, 0.2) is 0 Å². The number of carbonyl (C=O) groups is 5. The van der Waals surface area contributed by atoms with Crippen LogP contribution in [0.1, 0.15) is 6.92 Å². The summed E-state index contributed by atoms with van der Waals surface area (Å²) in [6.07, 6.45) is 1.52. The molecule has 0 spiro atoms. The maximum absolute atomic E-state index is 12.5. The van der Waals surface area contributed by atoms with Crippen molar-refractivity contribution in [3.8, 4) is 6.19 Å². The first-order valence-corrected chi connectivity index (χ1v) is 11.4. The Morgan fingerprint density at radius 2 is 2.00 bits per heavy atom. The number of nitriles is 1. The summed E-state index contributed by atoms with van der Waals surface area (Å²) in [5.41, 5.74) is 0.0221. The van der Waals surface area contributed by atoms with Gasteiger partial charge in [-0.2, -0.15) is 10.3 Å². The molecule has 2 amide bonds. The molecule has 166 valence electrons. The maximum Gasteiger partial charge on any atom is 0.352 e. The minimum Gasteiger partial charge on any atom is -0.481 e. The van der Waals surface area contributed by atoms with E-state index in [-0.39, 0.29) is 39.5 Å². The van der Waals surface area contributed by atoms with E-state index in [0.29, 0.717) is 0 Å². The average Bonchev–Trinajstić information content (AvgIpc) is 2.71. The van der Waals surface area contributed by atoms with Gasteiger partial charge in [-0.3, -0.25) is 24.1 Å². The lowest BCUT2D eigenvalue weighted by Gasteiger charge is -2.49. The van der Waals surface area contributed by atoms with Crippen molar-refractivity contribution in [1.29, 1.82) is 5.26 Å². The minimum atomic E-state index is -1.34. The fourth-order valence-electron chi connectivity index (χ4n) is 2.60. The SMILES string of the molecule is CC(=O)OCC1=C(C(=O)O)N2C(=O)[C@@H](NC(=O)CSC(=NC#N)SCC(=O)O)[C@H]2SC1. The van der Waals surface area contributed by atoms with E-state index in [1.165, 1.54) is 24.9 Å². The van der Waals surface area contributed by atoms with Crippen LogP contribution in [0.25, 0.3) is 0 Å². The molecule has 12 nitrogen and oxygen atoms in total. The molecule has 0 aromatic heterocycles. The number of esters is 1. The third kappa shape index (κ3) is 6.39. The van der Waals surface area contributed by atoms with E-state index in [9.17, 15) is 29.1 Å². The van der Waals surface area contributed by atoms with E-state index in [1.807, 2.05) is 0 Å². The molecule has 0 aromatic carbocycles. The molecule has 2 heterocycles. The molecule has 0 aliphatic carbocycles. The molecule has 2 aliphatic heterocycles. The van der Waals surface area contributed by atoms with Gasteiger partial charge in [-0.25, -0.2) is 4.79 Å². The Morgan fingerprint density at radius 1 is 1.32 bits per heavy atom. The Balaban J connectivity index is 1.98. The molecule has 0 radical (unpaired) electrons. The fraction of sp³-hybridized carbons (Fsp3) is 0.438. The van der Waals surface area contributed by atoms with Gasteiger partial charge in [0.05, 0.1) is 11.5 Å². The van der Waals surface area contributed by atoms with Crippen LogP contribution in [-0.4, -0.2) is 84.5 Å². The molecule has 0 aromatic rings. The number of fused-ring (bicyclic) bond motifs is 1. The Labute approximate surface area is 188 Å². The number of aliphatic imine (C=N–C) groups is 1. The van der Waals surface area contributed by atoms with Gasteiger partial charge in [0.1, 0.15) is 28.1 Å². The van der Waals surface area contributed by atoms with Gasteiger partial charge in [0.25, 0.3) is 5.91 Å². The molecule has 2 aliphatic rings. The summed E-state index contributed by atoms with van der Waals surface area (Å²) in [4.78, 5) is 62.5. The van der Waals surface area contributed by atoms with Crippen LogP contribution in [0.15, 0.2) is 16.3 Å². The smallest absolute Gasteiger partial charge is 0.352 e. The van der Waals surface area contributed by atoms with Crippen LogP contribution in [0.5, 0.6) is 0 Å². The normalized spacial score (nSPS) is 20.3. The topological polar surface area (TPSA) is 186 Å². The van der Waals surface area contributed by atoms with E-state index in [2.05, 4.69) is 10.3 Å². The lowest BCUT2D eigenvalue weighted by Crippen LogP contribution is -2.70. The molecule has 15 heteroatoms. The molecule has 1 fully saturated rings. The predicted molar refractivity (Wildman–Crippen MR) is 112 cm³/mol. The van der Waals surface area contributed by atoms with Gasteiger partial charge in [-0.1, -0.05) is 23.5 Å². The summed E-state index contributed by atoms with van der Waals surface area (Å²) in [5.74, 6) is -4.54. The van der Waals surface area contributed by atoms with Crippen LogP contribution in [0.4, 0.5) is 0 Å². The minimum absolute atomic E-state index is 0.0971. The lowest BCUT2D eigenvalue weighted by atomic mass is 10.0. The summed E-state index contributed by atoms with van der Waals surface area (Å²) in [6, 6.07) is -0.939. The highest BCUT2D eigenvalue weighted by atomic mass is 32.2. The van der Waals surface area contributed by atoms with Crippen LogP contribution >= 0.6 is 35.3 Å². The molecule has 1 saturated heterocycles. The van der Waals surface area contributed by atoms with Gasteiger partial charge in [0, 0.05) is 18.2 Å². The van der Waals surface area contributed by atoms with Gasteiger partial charge in [0.2, 0.25) is 12.1 Å². The van der Waals surface area contributed by atoms with Gasteiger partial charge < -0.3 is 20.3 Å². The first-order valence-electron chi connectivity index (χ1n) is 8.42. The number of nitrogens with zero attached hydrogens (tertiary/aromatic N) is 3. The first-order chi connectivity index (χ1) is 14.6. The molecular formula is C16H16N4O8S3. The number of hydrogen-bond acceptors (Lipinski definition) is 11. The number of carboxylic acids is 2. The molecule has 31 heavy (non-hydrogen) atoms. The van der Waals surface area contributed by atoms with E-state index in [4.69, 9.17) is 15.1 Å². The molecule has 2 atom stereocenters. The van der Waals surface area contributed by atoms with E-state index in [1.54, 1.807) is 0 Å². The highest BCUT2D eigenvalue weighted by Gasteiger charge is 2.54. The number of β-lactam (4-membered cyclic amide) rings is 1. The second-order valence-corrected chi connectivity index (χ2v) is 9.23. The molecule has 2 rings (SSSR count). The van der Waals surface area contributed by atoms with Crippen molar-refractivity contribution in [1.82, 2.24) is 10.2 Å². The Kier molecular flexibility index (Phi) is 8.77. The van der Waals surface area contributed by atoms with Crippen molar-refractivity contribution in [3.63, 3.8) is 0 Å². The summed E-state index contributed by atoms with van der Waals surface area (Å²) in [7, 11) is 0. The van der Waals surface area contributed by atoms with Gasteiger partial charge in [-0.15, -0.1) is 11.8 Å². The molecule has 0 unspecified atom stereocenters. The van der Waals surface area contributed by atoms with Crippen LogP contribution in [0.3, 0.4) is 0 Å². The fourth-order valence-corrected chi connectivity index (χ4v) is 5.41. The number of thioether (sulfide) groups is 3. The number of amides is 2. The number of carboxylic acid groups (broad SMARTS) is 2. The number of carbonyl (C=O) groups excluding carboxylic acids is 3. The summed E-state index contributed by atoms with van der Waals surface area (Å²) in [5, 5.41) is 28.7. The van der Waals surface area contributed by atoms with Crippen LogP contribution in [-0.2, 0) is 28.7 Å². The zero-order chi connectivity index (χ0) is 23.1. The second kappa shape index (κ2) is 11.1. The number of nitrogens with one attached hydrogen (secondary N) is 1. The quantitative estimate of drug-likeness (QED) is 0.133. The van der Waals surface area contributed by atoms with Gasteiger partial charge in [-0.05, 0) is 0 Å². The number of hydrogen-bond donors (Lipinski definition) is 3. The average molecular weight is 489 g/mol. The van der Waals surface area contributed by atoms with Crippen molar-refractivity contribution < 1.29 is 38.9 Å². The first kappa shape index (κ1) is 24.6. The summed E-state index contributed by atoms with van der Waals surface area (Å²) >= 11 is 2.86. The molecule has 0 bridgehead atoms. The predicted octanol–water partition coefficient (Wildman–Crippen LogP) is -0.324. The van der Waals surface area contributed by atoms with E-state index >= 15 is 0 Å². The number of ether oxygens (including phenoxy) is 1. The van der Waals surface area contributed by atoms with E-state index < -0.39 is 41.1 Å². The lowest BCUT2D eigenvalue weighted by molar-refractivity contribution is -0.150. The Bertz CT molecular complexity index is 913. The third-order valence-electron chi connectivity index (χ3n) is 3.80. The highest BCUT2D eigenvalue weighted by Crippen LogP contribution is 2.40. The second-order valence-electron chi connectivity index (χ2n) is 5.94. The van der Waals surface area contributed by atoms with E-state index in [0.717, 1.165) is 28.4 Å². The largest absolute Gasteiger partial charge is 0.481 e. The van der Waals surface area contributed by atoms with Crippen LogP contribution in [0.2, 0.25) is 0 Å². The summed E-state index contributed by atoms with van der Waals surface area (Å²) < 4.78 is 4.95. The maximum atomic E-state index is 12.5. The molecule has 0 saturated carbocycles. The monoisotopic (exact) mass is 488 g/mol. The van der Waals surface area contributed by atoms with Crippen molar-refractivity contribution in [3.05, 3.63) is 11.3 Å². The Morgan fingerprint density at radius 3 is 2.58 bits per heavy atom. The van der Waals surface area contributed by atoms with Crippen molar-refractivity contribution >= 4 is 69.4 Å². The third-order valence-corrected chi connectivity index (χ3v) is 7.32. The van der Waals surface area contributed by atoms with Gasteiger partial charge >= 0.3 is 17.9 Å². The Hall–Kier alpha value is -2.70. The standard InChI is InChI=1S/C16H16N4O8S3/c1-7(21)28-2-8-3-29-14-11(13(25)20(14)12(8)15(26)27)19-9(22)4-30-16(18-6-17)31-5-10(23)24/h11,14H,2-5H2,1H3,(H,19,22)(H,23,24)(H,26,27)/t11-,14-/m1/s1.